The second-order valence-electron chi connectivity index (χ2n) is 3.76. The van der Waals surface area contributed by atoms with E-state index in [2.05, 4.69) is 5.32 Å². The van der Waals surface area contributed by atoms with Gasteiger partial charge in [0.05, 0.1) is 6.42 Å². The van der Waals surface area contributed by atoms with Crippen LogP contribution in [0.4, 0.5) is 11.4 Å². The highest BCUT2D eigenvalue weighted by molar-refractivity contribution is 5.71. The van der Waals surface area contributed by atoms with Crippen LogP contribution in [0, 0.1) is 0 Å². The van der Waals surface area contributed by atoms with Gasteiger partial charge in [0.25, 0.3) is 0 Å². The maximum absolute atomic E-state index is 10.6. The minimum absolute atomic E-state index is 0.0459. The average Bonchev–Trinajstić information content (AvgIpc) is 2.30. The topological polar surface area (TPSA) is 49.3 Å². The van der Waals surface area contributed by atoms with Gasteiger partial charge in [-0.15, -0.1) is 0 Å². The average molecular weight is 227 g/mol. The Balaban J connectivity index is 2.14. The zero-order valence-electron chi connectivity index (χ0n) is 9.26. The van der Waals surface area contributed by atoms with E-state index in [0.29, 0.717) is 0 Å². The molecule has 17 heavy (non-hydrogen) atoms. The molecule has 2 N–H and O–H groups in total. The zero-order chi connectivity index (χ0) is 12.1. The fourth-order valence-corrected chi connectivity index (χ4v) is 1.62. The van der Waals surface area contributed by atoms with Gasteiger partial charge in [0.2, 0.25) is 0 Å². The quantitative estimate of drug-likeness (QED) is 0.844. The van der Waals surface area contributed by atoms with Gasteiger partial charge >= 0.3 is 5.97 Å². The fraction of sp³-hybridized carbons (Fsp3) is 0.0714. The second kappa shape index (κ2) is 5.16. The maximum Gasteiger partial charge on any atom is 0.307 e. The van der Waals surface area contributed by atoms with Crippen LogP contribution in [0.3, 0.4) is 0 Å². The Morgan fingerprint density at radius 2 is 1.71 bits per heavy atom. The molecule has 0 spiro atoms. The van der Waals surface area contributed by atoms with E-state index in [4.69, 9.17) is 5.11 Å². The van der Waals surface area contributed by atoms with Crippen LogP contribution in [0.2, 0.25) is 0 Å². The van der Waals surface area contributed by atoms with Crippen molar-refractivity contribution in [2.24, 2.45) is 0 Å². The molecule has 0 unspecified atom stereocenters. The summed E-state index contributed by atoms with van der Waals surface area (Å²) in [5.41, 5.74) is 2.67. The first-order valence-electron chi connectivity index (χ1n) is 5.37. The molecule has 0 atom stereocenters. The Morgan fingerprint density at radius 3 is 2.41 bits per heavy atom. The van der Waals surface area contributed by atoms with Crippen molar-refractivity contribution >= 4 is 17.3 Å². The van der Waals surface area contributed by atoms with Gasteiger partial charge in [-0.05, 0) is 29.8 Å². The molecule has 2 rings (SSSR count). The first-order chi connectivity index (χ1) is 8.24. The normalized spacial score (nSPS) is 9.88. The molecule has 2 aromatic carbocycles. The van der Waals surface area contributed by atoms with E-state index in [9.17, 15) is 4.79 Å². The fourth-order valence-electron chi connectivity index (χ4n) is 1.62. The minimum atomic E-state index is -0.818. The molecule has 0 fully saturated rings. The van der Waals surface area contributed by atoms with Crippen molar-refractivity contribution in [2.45, 2.75) is 6.42 Å². The van der Waals surface area contributed by atoms with Gasteiger partial charge in [-0.1, -0.05) is 30.3 Å². The van der Waals surface area contributed by atoms with E-state index in [1.54, 1.807) is 0 Å². The van der Waals surface area contributed by atoms with Crippen LogP contribution in [0.25, 0.3) is 0 Å². The molecule has 0 aliphatic carbocycles. The van der Waals surface area contributed by atoms with E-state index < -0.39 is 5.97 Å². The molecule has 2 aromatic rings. The Morgan fingerprint density at radius 1 is 1.00 bits per heavy atom. The van der Waals surface area contributed by atoms with Gasteiger partial charge in [0.15, 0.2) is 0 Å². The van der Waals surface area contributed by atoms with Crippen molar-refractivity contribution in [3.8, 4) is 0 Å². The third kappa shape index (κ3) is 3.34. The number of aliphatic carboxylic acids is 1. The lowest BCUT2D eigenvalue weighted by molar-refractivity contribution is -0.136. The molecule has 86 valence electrons. The van der Waals surface area contributed by atoms with Crippen LogP contribution in [-0.4, -0.2) is 11.1 Å². The number of rotatable bonds is 4. The van der Waals surface area contributed by atoms with Crippen molar-refractivity contribution in [2.75, 3.05) is 5.32 Å². The van der Waals surface area contributed by atoms with Crippen LogP contribution in [0.15, 0.2) is 54.6 Å². The molecule has 3 heteroatoms. The summed E-state index contributed by atoms with van der Waals surface area (Å²) < 4.78 is 0. The van der Waals surface area contributed by atoms with Gasteiger partial charge in [-0.3, -0.25) is 4.79 Å². The van der Waals surface area contributed by atoms with Gasteiger partial charge in [-0.2, -0.15) is 0 Å². The third-order valence-electron chi connectivity index (χ3n) is 2.34. The zero-order valence-corrected chi connectivity index (χ0v) is 9.26. The molecule has 0 saturated carbocycles. The Labute approximate surface area is 99.7 Å². The number of carboxylic acids is 1. The number of benzene rings is 2. The molecule has 3 nitrogen and oxygen atoms in total. The first kappa shape index (κ1) is 11.2. The highest BCUT2D eigenvalue weighted by Crippen LogP contribution is 2.17. The molecule has 0 bridgehead atoms. The van der Waals surface area contributed by atoms with Gasteiger partial charge in [-0.25, -0.2) is 0 Å². The Bertz CT molecular complexity index is 509. The lowest BCUT2D eigenvalue weighted by Crippen LogP contribution is -2.00. The summed E-state index contributed by atoms with van der Waals surface area (Å²) in [5, 5.41) is 12.0. The standard InChI is InChI=1S/C14H13NO2/c16-14(17)10-11-5-4-8-13(9-11)15-12-6-2-1-3-7-12/h1-9,15H,10H2,(H,16,17). The predicted octanol–water partition coefficient (Wildman–Crippen LogP) is 3.06. The van der Waals surface area contributed by atoms with Crippen molar-refractivity contribution < 1.29 is 9.90 Å². The molecule has 0 aliphatic rings. The molecular weight excluding hydrogens is 214 g/mol. The number of hydrogen-bond acceptors (Lipinski definition) is 2. The summed E-state index contributed by atoms with van der Waals surface area (Å²) in [5.74, 6) is -0.818. The Hall–Kier alpha value is -2.29. The second-order valence-corrected chi connectivity index (χ2v) is 3.76. The molecule has 0 radical (unpaired) electrons. The molecule has 0 saturated heterocycles. The predicted molar refractivity (Wildman–Crippen MR) is 67.5 cm³/mol. The monoisotopic (exact) mass is 227 g/mol. The van der Waals surface area contributed by atoms with E-state index in [-0.39, 0.29) is 6.42 Å². The van der Waals surface area contributed by atoms with E-state index in [1.807, 2.05) is 54.6 Å². The minimum Gasteiger partial charge on any atom is -0.481 e. The van der Waals surface area contributed by atoms with E-state index in [0.717, 1.165) is 16.9 Å². The highest BCUT2D eigenvalue weighted by Gasteiger charge is 2.01. The van der Waals surface area contributed by atoms with E-state index >= 15 is 0 Å². The summed E-state index contributed by atoms with van der Waals surface area (Å²) in [7, 11) is 0. The summed E-state index contributed by atoms with van der Waals surface area (Å²) in [6.07, 6.45) is 0.0459. The summed E-state index contributed by atoms with van der Waals surface area (Å²) in [4.78, 5) is 10.6. The number of anilines is 2. The van der Waals surface area contributed by atoms with Crippen LogP contribution in [-0.2, 0) is 11.2 Å². The van der Waals surface area contributed by atoms with Crippen LogP contribution >= 0.6 is 0 Å². The molecule has 0 heterocycles. The van der Waals surface area contributed by atoms with Gasteiger partial charge in [0, 0.05) is 11.4 Å². The number of carboxylic acid groups (broad SMARTS) is 1. The molecular formula is C14H13NO2. The largest absolute Gasteiger partial charge is 0.481 e. The smallest absolute Gasteiger partial charge is 0.307 e. The maximum atomic E-state index is 10.6. The van der Waals surface area contributed by atoms with Crippen LogP contribution in [0.5, 0.6) is 0 Å². The van der Waals surface area contributed by atoms with E-state index in [1.165, 1.54) is 0 Å². The Kier molecular flexibility index (Phi) is 3.40. The van der Waals surface area contributed by atoms with Crippen molar-refractivity contribution in [1.82, 2.24) is 0 Å². The number of para-hydroxylation sites is 1. The van der Waals surface area contributed by atoms with Gasteiger partial charge in [0.1, 0.15) is 0 Å². The summed E-state index contributed by atoms with van der Waals surface area (Å²) in [6.45, 7) is 0. The number of nitrogens with one attached hydrogen (secondary N) is 1. The van der Waals surface area contributed by atoms with Crippen LogP contribution in [0.1, 0.15) is 5.56 Å². The summed E-state index contributed by atoms with van der Waals surface area (Å²) >= 11 is 0. The lowest BCUT2D eigenvalue weighted by Gasteiger charge is -2.07. The highest BCUT2D eigenvalue weighted by atomic mass is 16.4. The SMILES string of the molecule is O=C(O)Cc1cccc(Nc2ccccc2)c1. The molecule has 0 aliphatic heterocycles. The molecule has 0 aromatic heterocycles. The van der Waals surface area contributed by atoms with Crippen LogP contribution < -0.4 is 5.32 Å². The summed E-state index contributed by atoms with van der Waals surface area (Å²) in [6, 6.07) is 17.2. The van der Waals surface area contributed by atoms with Crippen molar-refractivity contribution in [3.63, 3.8) is 0 Å². The number of hydrogen-bond donors (Lipinski definition) is 2. The van der Waals surface area contributed by atoms with Crippen molar-refractivity contribution in [1.29, 1.82) is 0 Å². The third-order valence-corrected chi connectivity index (χ3v) is 2.34. The lowest BCUT2D eigenvalue weighted by atomic mass is 10.1. The van der Waals surface area contributed by atoms with Gasteiger partial charge < -0.3 is 10.4 Å². The molecule has 0 amide bonds. The van der Waals surface area contributed by atoms with Crippen molar-refractivity contribution in [3.05, 3.63) is 60.2 Å². The number of carbonyl (C=O) groups is 1. The first-order valence-corrected chi connectivity index (χ1v) is 5.37.